The lowest BCUT2D eigenvalue weighted by Gasteiger charge is -2.35. The summed E-state index contributed by atoms with van der Waals surface area (Å²) in [5, 5.41) is 3.28. The Labute approximate surface area is 114 Å². The van der Waals surface area contributed by atoms with Crippen molar-refractivity contribution in [1.82, 2.24) is 15.1 Å². The Morgan fingerprint density at radius 1 is 1.47 bits per heavy atom. The number of aryl methyl sites for hydroxylation is 1. The van der Waals surface area contributed by atoms with Crippen LogP contribution in [0.15, 0.2) is 16.5 Å². The third kappa shape index (κ3) is 3.36. The Kier molecular flexibility index (Phi) is 4.61. The fourth-order valence-corrected chi connectivity index (χ4v) is 2.37. The molecule has 19 heavy (non-hydrogen) atoms. The van der Waals surface area contributed by atoms with E-state index in [9.17, 15) is 4.79 Å². The summed E-state index contributed by atoms with van der Waals surface area (Å²) < 4.78 is 5.74. The second-order valence-electron chi connectivity index (χ2n) is 5.14. The van der Waals surface area contributed by atoms with Gasteiger partial charge in [-0.1, -0.05) is 6.92 Å². The molecule has 1 aromatic heterocycles. The van der Waals surface area contributed by atoms with E-state index in [2.05, 4.69) is 17.1 Å². The predicted octanol–water partition coefficient (Wildman–Crippen LogP) is 0.704. The van der Waals surface area contributed by atoms with Gasteiger partial charge in [-0.15, -0.1) is 0 Å². The van der Waals surface area contributed by atoms with Gasteiger partial charge in [0.25, 0.3) is 0 Å². The van der Waals surface area contributed by atoms with Crippen LogP contribution in [0.4, 0.5) is 0 Å². The van der Waals surface area contributed by atoms with Crippen LogP contribution in [-0.2, 0) is 17.8 Å². The summed E-state index contributed by atoms with van der Waals surface area (Å²) in [5.74, 6) is 2.09. The minimum absolute atomic E-state index is 0.0982. The number of carbonyl (C=O) groups is 1. The van der Waals surface area contributed by atoms with Crippen LogP contribution in [0.2, 0.25) is 0 Å². The van der Waals surface area contributed by atoms with E-state index in [1.165, 1.54) is 0 Å². The fourth-order valence-electron chi connectivity index (χ4n) is 2.37. The van der Waals surface area contributed by atoms with E-state index < -0.39 is 0 Å². The Morgan fingerprint density at radius 3 is 2.84 bits per heavy atom. The molecule has 0 radical (unpaired) electrons. The van der Waals surface area contributed by atoms with E-state index in [0.717, 1.165) is 31.0 Å². The first kappa shape index (κ1) is 14.1. The maximum atomic E-state index is 12.2. The molecule has 1 aliphatic rings. The number of hydrogen-bond donors (Lipinski definition) is 1. The molecular formula is C14H23N3O2. The van der Waals surface area contributed by atoms with E-state index in [1.54, 1.807) is 19.0 Å². The molecular weight excluding hydrogens is 242 g/mol. The standard InChI is InChI=1S/C14H23N3O2/c1-4-11-5-6-12(19-11)10-17-8-7-15-9-13(17)14(18)16(2)3/h5-6,13,15H,4,7-10H2,1-3H3. The van der Waals surface area contributed by atoms with Crippen LogP contribution in [-0.4, -0.2) is 55.5 Å². The van der Waals surface area contributed by atoms with Gasteiger partial charge in [0.1, 0.15) is 17.6 Å². The van der Waals surface area contributed by atoms with Crippen LogP contribution in [0.25, 0.3) is 0 Å². The van der Waals surface area contributed by atoms with Crippen LogP contribution < -0.4 is 5.32 Å². The molecule has 1 N–H and O–H groups in total. The van der Waals surface area contributed by atoms with Crippen LogP contribution in [0.3, 0.4) is 0 Å². The smallest absolute Gasteiger partial charge is 0.240 e. The predicted molar refractivity (Wildman–Crippen MR) is 73.8 cm³/mol. The molecule has 0 spiro atoms. The lowest BCUT2D eigenvalue weighted by molar-refractivity contribution is -0.135. The van der Waals surface area contributed by atoms with E-state index in [4.69, 9.17) is 4.42 Å². The molecule has 0 saturated carbocycles. The maximum Gasteiger partial charge on any atom is 0.240 e. The molecule has 1 atom stereocenters. The van der Waals surface area contributed by atoms with Crippen LogP contribution in [0.5, 0.6) is 0 Å². The Morgan fingerprint density at radius 2 is 2.21 bits per heavy atom. The number of nitrogens with one attached hydrogen (secondary N) is 1. The van der Waals surface area contributed by atoms with Crippen molar-refractivity contribution < 1.29 is 9.21 Å². The van der Waals surface area contributed by atoms with Gasteiger partial charge in [0.2, 0.25) is 5.91 Å². The fraction of sp³-hybridized carbons (Fsp3) is 0.643. The first-order chi connectivity index (χ1) is 9.11. The molecule has 5 heteroatoms. The first-order valence-electron chi connectivity index (χ1n) is 6.85. The highest BCUT2D eigenvalue weighted by Crippen LogP contribution is 2.15. The number of carbonyl (C=O) groups excluding carboxylic acids is 1. The highest BCUT2D eigenvalue weighted by Gasteiger charge is 2.30. The SMILES string of the molecule is CCc1ccc(CN2CCNCC2C(=O)N(C)C)o1. The Bertz CT molecular complexity index is 428. The maximum absolute atomic E-state index is 12.2. The molecule has 0 aliphatic carbocycles. The number of amides is 1. The summed E-state index contributed by atoms with van der Waals surface area (Å²) in [4.78, 5) is 16.0. The molecule has 1 aliphatic heterocycles. The van der Waals surface area contributed by atoms with Gasteiger partial charge in [0, 0.05) is 40.2 Å². The molecule has 1 saturated heterocycles. The van der Waals surface area contributed by atoms with Crippen molar-refractivity contribution in [1.29, 1.82) is 0 Å². The van der Waals surface area contributed by atoms with Crippen LogP contribution in [0.1, 0.15) is 18.4 Å². The van der Waals surface area contributed by atoms with Crippen molar-refractivity contribution in [3.8, 4) is 0 Å². The molecule has 0 bridgehead atoms. The topological polar surface area (TPSA) is 48.7 Å². The molecule has 0 aromatic carbocycles. The van der Waals surface area contributed by atoms with Gasteiger partial charge in [0.15, 0.2) is 0 Å². The van der Waals surface area contributed by atoms with Crippen molar-refractivity contribution >= 4 is 5.91 Å². The lowest BCUT2D eigenvalue weighted by Crippen LogP contribution is -2.57. The average molecular weight is 265 g/mol. The summed E-state index contributed by atoms with van der Waals surface area (Å²) in [6.45, 7) is 5.26. The molecule has 106 valence electrons. The van der Waals surface area contributed by atoms with Gasteiger partial charge < -0.3 is 14.6 Å². The third-order valence-electron chi connectivity index (χ3n) is 3.50. The highest BCUT2D eigenvalue weighted by molar-refractivity contribution is 5.81. The zero-order chi connectivity index (χ0) is 13.8. The van der Waals surface area contributed by atoms with Gasteiger partial charge >= 0.3 is 0 Å². The Balaban J connectivity index is 2.05. The summed E-state index contributed by atoms with van der Waals surface area (Å²) >= 11 is 0. The quantitative estimate of drug-likeness (QED) is 0.871. The van der Waals surface area contributed by atoms with Crippen LogP contribution >= 0.6 is 0 Å². The van der Waals surface area contributed by atoms with E-state index >= 15 is 0 Å². The van der Waals surface area contributed by atoms with Gasteiger partial charge in [0.05, 0.1) is 6.54 Å². The van der Waals surface area contributed by atoms with Crippen molar-refractivity contribution in [2.45, 2.75) is 25.9 Å². The largest absolute Gasteiger partial charge is 0.465 e. The zero-order valence-electron chi connectivity index (χ0n) is 12.0. The minimum atomic E-state index is -0.0982. The van der Waals surface area contributed by atoms with Crippen molar-refractivity contribution in [2.24, 2.45) is 0 Å². The van der Waals surface area contributed by atoms with Crippen molar-refractivity contribution in [3.05, 3.63) is 23.7 Å². The minimum Gasteiger partial charge on any atom is -0.465 e. The molecule has 2 rings (SSSR count). The molecule has 5 nitrogen and oxygen atoms in total. The first-order valence-corrected chi connectivity index (χ1v) is 6.85. The molecule has 1 amide bonds. The van der Waals surface area contributed by atoms with E-state index in [0.29, 0.717) is 13.1 Å². The number of rotatable bonds is 4. The average Bonchev–Trinajstić information content (AvgIpc) is 2.86. The van der Waals surface area contributed by atoms with Gasteiger partial charge in [-0.2, -0.15) is 0 Å². The van der Waals surface area contributed by atoms with E-state index in [1.807, 2.05) is 12.1 Å². The lowest BCUT2D eigenvalue weighted by atomic mass is 10.1. The summed E-state index contributed by atoms with van der Waals surface area (Å²) in [6.07, 6.45) is 0.904. The molecule has 1 unspecified atom stereocenters. The highest BCUT2D eigenvalue weighted by atomic mass is 16.3. The van der Waals surface area contributed by atoms with Gasteiger partial charge in [-0.3, -0.25) is 9.69 Å². The number of piperazine rings is 1. The van der Waals surface area contributed by atoms with Gasteiger partial charge in [-0.25, -0.2) is 0 Å². The van der Waals surface area contributed by atoms with Crippen LogP contribution in [0, 0.1) is 0 Å². The Hall–Kier alpha value is -1.33. The number of furan rings is 1. The van der Waals surface area contributed by atoms with Crippen molar-refractivity contribution in [3.63, 3.8) is 0 Å². The number of nitrogens with zero attached hydrogens (tertiary/aromatic N) is 2. The summed E-state index contributed by atoms with van der Waals surface area (Å²) in [5.41, 5.74) is 0. The second-order valence-corrected chi connectivity index (χ2v) is 5.14. The van der Waals surface area contributed by atoms with Gasteiger partial charge in [-0.05, 0) is 12.1 Å². The normalized spacial score (nSPS) is 20.5. The molecule has 2 heterocycles. The number of likely N-dealkylation sites (N-methyl/N-ethyl adjacent to an activating group) is 1. The number of hydrogen-bond acceptors (Lipinski definition) is 4. The summed E-state index contributed by atoms with van der Waals surface area (Å²) in [7, 11) is 3.61. The van der Waals surface area contributed by atoms with Crippen molar-refractivity contribution in [2.75, 3.05) is 33.7 Å². The molecule has 1 fully saturated rings. The third-order valence-corrected chi connectivity index (χ3v) is 3.50. The molecule has 1 aromatic rings. The summed E-state index contributed by atoms with van der Waals surface area (Å²) in [6, 6.07) is 3.93. The zero-order valence-corrected chi connectivity index (χ0v) is 12.0. The second kappa shape index (κ2) is 6.21. The van der Waals surface area contributed by atoms with E-state index in [-0.39, 0.29) is 11.9 Å². The monoisotopic (exact) mass is 265 g/mol.